The molecule has 1 aromatic heterocycles. The van der Waals surface area contributed by atoms with Gasteiger partial charge in [-0.2, -0.15) is 0 Å². The number of nitrogen functional groups attached to an aromatic ring is 1. The predicted molar refractivity (Wildman–Crippen MR) is 116 cm³/mol. The smallest absolute Gasteiger partial charge is 0.258 e. The third kappa shape index (κ3) is 3.64. The minimum atomic E-state index is -1.01. The number of hydrogen-bond donors (Lipinski definition) is 5. The van der Waals surface area contributed by atoms with Gasteiger partial charge in [0.05, 0.1) is 18.3 Å². The monoisotopic (exact) mass is 423 g/mol. The molecule has 8 nitrogen and oxygen atoms in total. The van der Waals surface area contributed by atoms with Gasteiger partial charge in [-0.05, 0) is 35.9 Å². The summed E-state index contributed by atoms with van der Waals surface area (Å²) in [6.45, 7) is 3.32. The first-order valence-electron chi connectivity index (χ1n) is 10.0. The molecular formula is C23H25N3O5. The number of amides is 1. The normalized spacial score (nSPS) is 15.3. The highest BCUT2D eigenvalue weighted by molar-refractivity contribution is 6.20. The number of aliphatic hydroxyl groups is 2. The van der Waals surface area contributed by atoms with E-state index in [-0.39, 0.29) is 18.9 Å². The minimum absolute atomic E-state index is 0.0575. The second-order valence-corrected chi connectivity index (χ2v) is 8.27. The number of carbonyl (C=O) groups excluding carboxylic acids is 2. The summed E-state index contributed by atoms with van der Waals surface area (Å²) in [4.78, 5) is 28.6. The van der Waals surface area contributed by atoms with Crippen LogP contribution in [0.5, 0.6) is 5.75 Å². The fourth-order valence-electron chi connectivity index (χ4n) is 4.01. The van der Waals surface area contributed by atoms with Crippen molar-refractivity contribution in [2.24, 2.45) is 0 Å². The third-order valence-electron chi connectivity index (χ3n) is 5.70. The molecule has 31 heavy (non-hydrogen) atoms. The van der Waals surface area contributed by atoms with E-state index in [1.807, 2.05) is 26.0 Å². The summed E-state index contributed by atoms with van der Waals surface area (Å²) in [5.74, 6) is -0.0278. The van der Waals surface area contributed by atoms with Crippen LogP contribution in [-0.4, -0.2) is 52.7 Å². The van der Waals surface area contributed by atoms with Crippen LogP contribution in [0.25, 0.3) is 10.9 Å². The Bertz CT molecular complexity index is 1180. The van der Waals surface area contributed by atoms with Crippen molar-refractivity contribution >= 4 is 28.3 Å². The van der Waals surface area contributed by atoms with E-state index in [1.54, 1.807) is 24.3 Å². The van der Waals surface area contributed by atoms with Crippen LogP contribution in [0.2, 0.25) is 0 Å². The van der Waals surface area contributed by atoms with Crippen molar-refractivity contribution in [1.29, 1.82) is 0 Å². The number of ketones is 1. The molecule has 162 valence electrons. The quantitative estimate of drug-likeness (QED) is 0.381. The van der Waals surface area contributed by atoms with E-state index >= 15 is 0 Å². The van der Waals surface area contributed by atoms with Gasteiger partial charge in [0, 0.05) is 39.8 Å². The molecule has 1 amide bonds. The summed E-state index contributed by atoms with van der Waals surface area (Å²) in [7, 11) is 0. The zero-order valence-corrected chi connectivity index (χ0v) is 17.4. The number of ether oxygens (including phenoxy) is 1. The van der Waals surface area contributed by atoms with Crippen LogP contribution in [0, 0.1) is 0 Å². The Balaban J connectivity index is 1.62. The van der Waals surface area contributed by atoms with Crippen molar-refractivity contribution in [3.8, 4) is 5.75 Å². The molecule has 1 aliphatic carbocycles. The van der Waals surface area contributed by atoms with Crippen LogP contribution in [0.4, 0.5) is 5.69 Å². The Kier molecular flexibility index (Phi) is 5.20. The number of anilines is 1. The van der Waals surface area contributed by atoms with Crippen molar-refractivity contribution < 1.29 is 24.5 Å². The summed E-state index contributed by atoms with van der Waals surface area (Å²) in [5.41, 5.74) is 9.72. The standard InChI is InChI=1S/C23H25N3O5/c1-23(2)17-8-14(31-11-19(29)25-9-13(28)10-27)4-6-15(17)21(30)20-16-5-3-12(24)7-18(16)26-22(20)23/h3-8,13,26-28H,9-11,24H2,1-2H3,(H,25,29). The number of benzene rings is 2. The van der Waals surface area contributed by atoms with Crippen LogP contribution in [0.3, 0.4) is 0 Å². The molecule has 0 aliphatic heterocycles. The van der Waals surface area contributed by atoms with Crippen molar-refractivity contribution in [3.05, 3.63) is 58.8 Å². The Hall–Kier alpha value is -3.36. The summed E-state index contributed by atoms with van der Waals surface area (Å²) in [5, 5.41) is 21.4. The van der Waals surface area contributed by atoms with E-state index in [4.69, 9.17) is 15.6 Å². The Morgan fingerprint density at radius 3 is 2.77 bits per heavy atom. The number of nitrogens with one attached hydrogen (secondary N) is 2. The molecular weight excluding hydrogens is 398 g/mol. The van der Waals surface area contributed by atoms with Gasteiger partial charge in [0.1, 0.15) is 5.75 Å². The zero-order valence-electron chi connectivity index (χ0n) is 17.4. The van der Waals surface area contributed by atoms with Gasteiger partial charge in [-0.1, -0.05) is 19.9 Å². The number of carbonyl (C=O) groups is 2. The highest BCUT2D eigenvalue weighted by Crippen LogP contribution is 2.44. The van der Waals surface area contributed by atoms with E-state index in [0.29, 0.717) is 22.6 Å². The SMILES string of the molecule is CC1(C)c2cc(OCC(=O)NCC(O)CO)ccc2C(=O)c2c1[nH]c1cc(N)ccc21. The maximum atomic E-state index is 13.3. The number of rotatable bonds is 6. The summed E-state index contributed by atoms with van der Waals surface area (Å²) < 4.78 is 5.60. The molecule has 4 rings (SSSR count). The maximum absolute atomic E-state index is 13.3. The van der Waals surface area contributed by atoms with Crippen molar-refractivity contribution in [3.63, 3.8) is 0 Å². The fourth-order valence-corrected chi connectivity index (χ4v) is 4.01. The second kappa shape index (κ2) is 7.72. The molecule has 1 unspecified atom stereocenters. The Morgan fingerprint density at radius 2 is 2.03 bits per heavy atom. The average Bonchev–Trinajstić information content (AvgIpc) is 3.14. The lowest BCUT2D eigenvalue weighted by molar-refractivity contribution is -0.123. The van der Waals surface area contributed by atoms with Gasteiger partial charge in [0.15, 0.2) is 12.4 Å². The molecule has 6 N–H and O–H groups in total. The molecule has 0 fully saturated rings. The molecule has 0 saturated heterocycles. The molecule has 1 heterocycles. The predicted octanol–water partition coefficient (Wildman–Crippen LogP) is 1.47. The van der Waals surface area contributed by atoms with Crippen LogP contribution in [0.1, 0.15) is 41.0 Å². The first-order chi connectivity index (χ1) is 14.7. The molecule has 0 saturated carbocycles. The molecule has 8 heteroatoms. The van der Waals surface area contributed by atoms with E-state index in [1.165, 1.54) is 0 Å². The zero-order chi connectivity index (χ0) is 22.3. The minimum Gasteiger partial charge on any atom is -0.484 e. The number of aliphatic hydroxyl groups excluding tert-OH is 2. The molecule has 3 aromatic rings. The van der Waals surface area contributed by atoms with Crippen LogP contribution < -0.4 is 15.8 Å². The van der Waals surface area contributed by atoms with E-state index in [0.717, 1.165) is 22.2 Å². The number of fused-ring (bicyclic) bond motifs is 4. The van der Waals surface area contributed by atoms with Gasteiger partial charge >= 0.3 is 0 Å². The number of aromatic amines is 1. The average molecular weight is 423 g/mol. The van der Waals surface area contributed by atoms with Gasteiger partial charge in [-0.15, -0.1) is 0 Å². The number of nitrogens with two attached hydrogens (primary N) is 1. The first kappa shape index (κ1) is 20.9. The molecule has 0 bridgehead atoms. The Morgan fingerprint density at radius 1 is 1.26 bits per heavy atom. The van der Waals surface area contributed by atoms with Crippen LogP contribution in [-0.2, 0) is 10.2 Å². The van der Waals surface area contributed by atoms with Crippen LogP contribution >= 0.6 is 0 Å². The number of aromatic nitrogens is 1. The van der Waals surface area contributed by atoms with Crippen molar-refractivity contribution in [2.45, 2.75) is 25.4 Å². The Labute approximate surface area is 179 Å². The van der Waals surface area contributed by atoms with Gasteiger partial charge in [-0.25, -0.2) is 0 Å². The molecule has 1 atom stereocenters. The van der Waals surface area contributed by atoms with Gasteiger partial charge in [0.2, 0.25) is 0 Å². The number of H-pyrrole nitrogens is 1. The van der Waals surface area contributed by atoms with E-state index in [2.05, 4.69) is 10.3 Å². The van der Waals surface area contributed by atoms with E-state index < -0.39 is 24.0 Å². The van der Waals surface area contributed by atoms with Gasteiger partial charge in [0.25, 0.3) is 5.91 Å². The van der Waals surface area contributed by atoms with Gasteiger partial charge < -0.3 is 31.0 Å². The lowest BCUT2D eigenvalue weighted by atomic mass is 9.71. The summed E-state index contributed by atoms with van der Waals surface area (Å²) >= 11 is 0. The summed E-state index contributed by atoms with van der Waals surface area (Å²) in [6.07, 6.45) is -1.01. The molecule has 0 spiro atoms. The lowest BCUT2D eigenvalue weighted by Crippen LogP contribution is -2.36. The topological polar surface area (TPSA) is 138 Å². The molecule has 2 aromatic carbocycles. The largest absolute Gasteiger partial charge is 0.484 e. The summed E-state index contributed by atoms with van der Waals surface area (Å²) in [6, 6.07) is 10.6. The lowest BCUT2D eigenvalue weighted by Gasteiger charge is -2.32. The first-order valence-corrected chi connectivity index (χ1v) is 10.0. The van der Waals surface area contributed by atoms with Gasteiger partial charge in [-0.3, -0.25) is 9.59 Å². The maximum Gasteiger partial charge on any atom is 0.258 e. The highest BCUT2D eigenvalue weighted by atomic mass is 16.5. The van der Waals surface area contributed by atoms with Crippen LogP contribution in [0.15, 0.2) is 36.4 Å². The third-order valence-corrected chi connectivity index (χ3v) is 5.70. The molecule has 1 aliphatic rings. The molecule has 0 radical (unpaired) electrons. The van der Waals surface area contributed by atoms with Crippen molar-refractivity contribution in [2.75, 3.05) is 25.5 Å². The fraction of sp³-hybridized carbons (Fsp3) is 0.304. The number of hydrogen-bond acceptors (Lipinski definition) is 6. The van der Waals surface area contributed by atoms with Crippen molar-refractivity contribution in [1.82, 2.24) is 10.3 Å². The van der Waals surface area contributed by atoms with E-state index in [9.17, 15) is 14.7 Å². The second-order valence-electron chi connectivity index (χ2n) is 8.27. The highest BCUT2D eigenvalue weighted by Gasteiger charge is 2.39.